The minimum atomic E-state index is -1.18. The van der Waals surface area contributed by atoms with Crippen LogP contribution in [0.25, 0.3) is 22.0 Å². The fourth-order valence-electron chi connectivity index (χ4n) is 5.28. The SMILES string of the molecule is NC1=NCc2cc(Cn3c(C(=O)O)c(-c4ccc[nH]c4=O)c4cc5c(cc43)CCC5)c(F)cc21. The first-order chi connectivity index (χ1) is 16.4. The number of aliphatic imine (C=N–C) groups is 1. The number of aromatic amines is 1. The number of hydrogen-bond acceptors (Lipinski definition) is 4. The Labute approximate surface area is 193 Å². The van der Waals surface area contributed by atoms with Crippen LogP contribution in [0.3, 0.4) is 0 Å². The fourth-order valence-corrected chi connectivity index (χ4v) is 5.28. The molecule has 1 aliphatic carbocycles. The van der Waals surface area contributed by atoms with Gasteiger partial charge in [0.1, 0.15) is 17.3 Å². The van der Waals surface area contributed by atoms with Crippen molar-refractivity contribution in [2.24, 2.45) is 10.7 Å². The number of benzene rings is 2. The van der Waals surface area contributed by atoms with Gasteiger partial charge in [0.15, 0.2) is 0 Å². The predicted octanol–water partition coefficient (Wildman–Crippen LogP) is 3.59. The Hall–Kier alpha value is -4.20. The molecule has 2 aliphatic rings. The van der Waals surface area contributed by atoms with Crippen LogP contribution >= 0.6 is 0 Å². The van der Waals surface area contributed by atoms with Crippen LogP contribution in [0, 0.1) is 5.82 Å². The van der Waals surface area contributed by atoms with Crippen molar-refractivity contribution >= 4 is 22.7 Å². The minimum Gasteiger partial charge on any atom is -0.477 e. The fraction of sp³-hybridized carbons (Fsp3) is 0.192. The van der Waals surface area contributed by atoms with Crippen molar-refractivity contribution in [3.05, 3.63) is 92.3 Å². The number of pyridine rings is 1. The molecule has 34 heavy (non-hydrogen) atoms. The summed E-state index contributed by atoms with van der Waals surface area (Å²) in [6.07, 6.45) is 4.35. The quantitative estimate of drug-likeness (QED) is 0.435. The van der Waals surface area contributed by atoms with Gasteiger partial charge in [0, 0.05) is 39.4 Å². The van der Waals surface area contributed by atoms with Gasteiger partial charge in [-0.3, -0.25) is 9.79 Å². The maximum atomic E-state index is 15.1. The number of halogens is 1. The van der Waals surface area contributed by atoms with Crippen LogP contribution in [-0.4, -0.2) is 26.5 Å². The van der Waals surface area contributed by atoms with Crippen LogP contribution in [0.15, 0.2) is 52.4 Å². The molecule has 0 amide bonds. The Balaban J connectivity index is 1.63. The molecule has 0 unspecified atom stereocenters. The average Bonchev–Trinajstić information content (AvgIpc) is 3.49. The number of carboxylic acids is 1. The van der Waals surface area contributed by atoms with Gasteiger partial charge >= 0.3 is 5.97 Å². The first-order valence-electron chi connectivity index (χ1n) is 11.1. The van der Waals surface area contributed by atoms with E-state index in [0.29, 0.717) is 40.0 Å². The molecule has 0 atom stereocenters. The zero-order valence-corrected chi connectivity index (χ0v) is 18.2. The summed E-state index contributed by atoms with van der Waals surface area (Å²) in [6, 6.07) is 10.3. The first kappa shape index (κ1) is 20.4. The lowest BCUT2D eigenvalue weighted by molar-refractivity contribution is 0.0687. The van der Waals surface area contributed by atoms with Crippen molar-refractivity contribution in [1.82, 2.24) is 9.55 Å². The second-order valence-electron chi connectivity index (χ2n) is 8.82. The Kier molecular flexibility index (Phi) is 4.45. The van der Waals surface area contributed by atoms with Crippen molar-refractivity contribution in [1.29, 1.82) is 0 Å². The zero-order valence-electron chi connectivity index (χ0n) is 18.2. The summed E-state index contributed by atoms with van der Waals surface area (Å²) in [6.45, 7) is 0.367. The van der Waals surface area contributed by atoms with Crippen LogP contribution in [0.2, 0.25) is 0 Å². The highest BCUT2D eigenvalue weighted by atomic mass is 19.1. The lowest BCUT2D eigenvalue weighted by Crippen LogP contribution is -2.15. The smallest absolute Gasteiger partial charge is 0.353 e. The Morgan fingerprint density at radius 1 is 1.15 bits per heavy atom. The number of hydrogen-bond donors (Lipinski definition) is 3. The number of aromatic carboxylic acids is 1. The average molecular weight is 456 g/mol. The second kappa shape index (κ2) is 7.41. The van der Waals surface area contributed by atoms with E-state index in [4.69, 9.17) is 5.73 Å². The molecule has 3 heterocycles. The number of aromatic nitrogens is 2. The summed E-state index contributed by atoms with van der Waals surface area (Å²) in [4.78, 5) is 32.1. The van der Waals surface area contributed by atoms with Crippen molar-refractivity contribution in [2.45, 2.75) is 32.4 Å². The molecule has 7 nitrogen and oxygen atoms in total. The molecule has 170 valence electrons. The van der Waals surface area contributed by atoms with Crippen LogP contribution in [-0.2, 0) is 25.9 Å². The number of H-pyrrole nitrogens is 1. The number of carboxylic acid groups (broad SMARTS) is 1. The normalized spacial score (nSPS) is 14.3. The van der Waals surface area contributed by atoms with Gasteiger partial charge in [0.2, 0.25) is 0 Å². The number of nitrogens with one attached hydrogen (secondary N) is 1. The molecule has 0 spiro atoms. The van der Waals surface area contributed by atoms with Crippen LogP contribution in [0.4, 0.5) is 4.39 Å². The van der Waals surface area contributed by atoms with Gasteiger partial charge in [-0.15, -0.1) is 0 Å². The molecule has 4 aromatic rings. The van der Waals surface area contributed by atoms with Gasteiger partial charge in [-0.2, -0.15) is 0 Å². The molecule has 2 aromatic heterocycles. The van der Waals surface area contributed by atoms with E-state index < -0.39 is 11.8 Å². The highest BCUT2D eigenvalue weighted by Gasteiger charge is 2.28. The van der Waals surface area contributed by atoms with Gasteiger partial charge in [0.25, 0.3) is 5.56 Å². The molecule has 0 bridgehead atoms. The van der Waals surface area contributed by atoms with E-state index in [1.54, 1.807) is 22.8 Å². The molecular formula is C26H21FN4O3. The molecule has 4 N–H and O–H groups in total. The Morgan fingerprint density at radius 2 is 1.94 bits per heavy atom. The van der Waals surface area contributed by atoms with Gasteiger partial charge in [-0.25, -0.2) is 9.18 Å². The predicted molar refractivity (Wildman–Crippen MR) is 127 cm³/mol. The second-order valence-corrected chi connectivity index (χ2v) is 8.82. The minimum absolute atomic E-state index is 0.000671. The highest BCUT2D eigenvalue weighted by molar-refractivity contribution is 6.08. The standard InChI is InChI=1S/C26H21FN4O3/c27-20-10-18-15(11-30-24(18)28)7-16(20)12-31-21-9-14-4-1-3-13(14)8-19(21)22(23(31)26(33)34)17-5-2-6-29-25(17)32/h2,5-10H,1,3-4,11-12H2,(H2,28,30)(H,29,32)(H,33,34). The van der Waals surface area contributed by atoms with E-state index in [1.807, 2.05) is 12.1 Å². The number of nitrogens with zero attached hydrogens (tertiary/aromatic N) is 2. The van der Waals surface area contributed by atoms with Crippen molar-refractivity contribution in [3.63, 3.8) is 0 Å². The molecule has 8 heteroatoms. The lowest BCUT2D eigenvalue weighted by atomic mass is 10.00. The summed E-state index contributed by atoms with van der Waals surface area (Å²) in [5, 5.41) is 11.0. The molecule has 6 rings (SSSR count). The number of fused-ring (bicyclic) bond motifs is 3. The third kappa shape index (κ3) is 2.98. The van der Waals surface area contributed by atoms with Crippen molar-refractivity contribution < 1.29 is 14.3 Å². The summed E-state index contributed by atoms with van der Waals surface area (Å²) in [7, 11) is 0. The van der Waals surface area contributed by atoms with Crippen LogP contribution < -0.4 is 11.3 Å². The van der Waals surface area contributed by atoms with E-state index in [9.17, 15) is 14.7 Å². The molecule has 0 saturated carbocycles. The highest BCUT2D eigenvalue weighted by Crippen LogP contribution is 2.38. The Morgan fingerprint density at radius 3 is 2.71 bits per heavy atom. The summed E-state index contributed by atoms with van der Waals surface area (Å²) < 4.78 is 16.7. The van der Waals surface area contributed by atoms with E-state index in [-0.39, 0.29) is 23.4 Å². The number of aryl methyl sites for hydroxylation is 2. The zero-order chi connectivity index (χ0) is 23.6. The van der Waals surface area contributed by atoms with E-state index >= 15 is 4.39 Å². The van der Waals surface area contributed by atoms with Crippen molar-refractivity contribution in [2.75, 3.05) is 0 Å². The maximum Gasteiger partial charge on any atom is 0.353 e. The summed E-state index contributed by atoms with van der Waals surface area (Å²) in [5.74, 6) is -1.35. The van der Waals surface area contributed by atoms with Crippen LogP contribution in [0.5, 0.6) is 0 Å². The largest absolute Gasteiger partial charge is 0.477 e. The maximum absolute atomic E-state index is 15.1. The summed E-state index contributed by atoms with van der Waals surface area (Å²) in [5.41, 5.74) is 10.8. The molecule has 2 aromatic carbocycles. The molecule has 0 fully saturated rings. The number of amidine groups is 1. The summed E-state index contributed by atoms with van der Waals surface area (Å²) >= 11 is 0. The van der Waals surface area contributed by atoms with E-state index in [1.165, 1.54) is 12.3 Å². The lowest BCUT2D eigenvalue weighted by Gasteiger charge is -2.12. The number of nitrogens with two attached hydrogens (primary N) is 1. The number of rotatable bonds is 4. The number of carbonyl (C=O) groups is 1. The third-order valence-corrected chi connectivity index (χ3v) is 6.86. The van der Waals surface area contributed by atoms with Crippen LogP contribution in [0.1, 0.15) is 44.7 Å². The van der Waals surface area contributed by atoms with Gasteiger partial charge < -0.3 is 20.4 Å². The van der Waals surface area contributed by atoms with Crippen molar-refractivity contribution in [3.8, 4) is 11.1 Å². The van der Waals surface area contributed by atoms with Gasteiger partial charge in [0.05, 0.1) is 13.1 Å². The van der Waals surface area contributed by atoms with E-state index in [0.717, 1.165) is 36.0 Å². The molecule has 0 radical (unpaired) electrons. The monoisotopic (exact) mass is 456 g/mol. The Bertz CT molecular complexity index is 1610. The third-order valence-electron chi connectivity index (χ3n) is 6.86. The topological polar surface area (TPSA) is 113 Å². The van der Waals surface area contributed by atoms with E-state index in [2.05, 4.69) is 9.98 Å². The van der Waals surface area contributed by atoms with Gasteiger partial charge in [-0.1, -0.05) is 0 Å². The van der Waals surface area contributed by atoms with Gasteiger partial charge in [-0.05, 0) is 72.4 Å². The molecular weight excluding hydrogens is 435 g/mol. The first-order valence-corrected chi connectivity index (χ1v) is 11.1. The molecule has 1 aliphatic heterocycles. The molecule has 0 saturated heterocycles.